The van der Waals surface area contributed by atoms with Crippen LogP contribution in [-0.2, 0) is 16.0 Å². The van der Waals surface area contributed by atoms with Crippen molar-refractivity contribution in [1.29, 1.82) is 0 Å². The summed E-state index contributed by atoms with van der Waals surface area (Å²) in [7, 11) is 2.98. The van der Waals surface area contributed by atoms with E-state index in [9.17, 15) is 4.79 Å². The molecule has 6 nitrogen and oxygen atoms in total. The monoisotopic (exact) mass is 339 g/mol. The number of amidine groups is 1. The van der Waals surface area contributed by atoms with E-state index in [0.29, 0.717) is 0 Å². The highest BCUT2D eigenvalue weighted by Gasteiger charge is 2.26. The number of carbonyl (C=O) groups excluding carboxylic acids is 1. The van der Waals surface area contributed by atoms with E-state index in [1.165, 1.54) is 12.7 Å². The van der Waals surface area contributed by atoms with Crippen LogP contribution in [0.15, 0.2) is 53.6 Å². The molecular formula is C19H21N3O3. The summed E-state index contributed by atoms with van der Waals surface area (Å²) in [6, 6.07) is 15.4. The van der Waals surface area contributed by atoms with Crippen molar-refractivity contribution in [1.82, 2.24) is 0 Å². The number of carbonyl (C=O) groups is 1. The second kappa shape index (κ2) is 7.70. The average Bonchev–Trinajstić information content (AvgIpc) is 2.68. The van der Waals surface area contributed by atoms with Crippen LogP contribution in [0.3, 0.4) is 0 Å². The topological polar surface area (TPSA) is 63.2 Å². The number of rotatable bonds is 3. The summed E-state index contributed by atoms with van der Waals surface area (Å²) in [6.07, 6.45) is 1.95. The van der Waals surface area contributed by atoms with E-state index >= 15 is 0 Å². The van der Waals surface area contributed by atoms with Crippen molar-refractivity contribution in [2.45, 2.75) is 12.8 Å². The van der Waals surface area contributed by atoms with Gasteiger partial charge >= 0.3 is 5.97 Å². The van der Waals surface area contributed by atoms with Crippen LogP contribution < -0.4 is 15.1 Å². The second-order valence-corrected chi connectivity index (χ2v) is 5.65. The molecule has 0 unspecified atom stereocenters. The lowest BCUT2D eigenvalue weighted by Crippen LogP contribution is -2.41. The number of nitrogens with one attached hydrogen (secondary N) is 1. The zero-order valence-electron chi connectivity index (χ0n) is 14.4. The van der Waals surface area contributed by atoms with E-state index in [-0.39, 0.29) is 5.84 Å². The molecule has 0 aliphatic carbocycles. The number of ether oxygens (including phenoxy) is 2. The summed E-state index contributed by atoms with van der Waals surface area (Å²) in [4.78, 5) is 14.2. The lowest BCUT2D eigenvalue weighted by atomic mass is 10.0. The van der Waals surface area contributed by atoms with E-state index in [4.69, 9.17) is 9.47 Å². The highest BCUT2D eigenvalue weighted by Crippen LogP contribution is 2.27. The number of methoxy groups -OCH3 is 2. The zero-order chi connectivity index (χ0) is 17.6. The molecule has 0 saturated heterocycles. The van der Waals surface area contributed by atoms with Crippen LogP contribution >= 0.6 is 0 Å². The number of fused-ring (bicyclic) bond motifs is 1. The number of aryl methyl sites for hydroxylation is 1. The van der Waals surface area contributed by atoms with Crippen molar-refractivity contribution in [3.05, 3.63) is 54.1 Å². The second-order valence-electron chi connectivity index (χ2n) is 5.65. The Morgan fingerprint density at radius 3 is 2.60 bits per heavy atom. The van der Waals surface area contributed by atoms with Crippen molar-refractivity contribution >= 4 is 23.2 Å². The molecule has 0 bridgehead atoms. The Hall–Kier alpha value is -3.02. The van der Waals surface area contributed by atoms with E-state index in [1.54, 1.807) is 7.11 Å². The summed E-state index contributed by atoms with van der Waals surface area (Å²) in [5.41, 5.74) is 5.88. The molecule has 1 aliphatic heterocycles. The minimum atomic E-state index is -0.474. The van der Waals surface area contributed by atoms with E-state index in [1.807, 2.05) is 47.4 Å². The highest BCUT2D eigenvalue weighted by atomic mass is 16.5. The van der Waals surface area contributed by atoms with Gasteiger partial charge in [-0.3, -0.25) is 5.43 Å². The van der Waals surface area contributed by atoms with Gasteiger partial charge in [-0.2, -0.15) is 0 Å². The Balaban J connectivity index is 1.88. The van der Waals surface area contributed by atoms with Crippen molar-refractivity contribution in [2.24, 2.45) is 5.10 Å². The largest absolute Gasteiger partial charge is 0.497 e. The third-order valence-corrected chi connectivity index (χ3v) is 4.11. The average molecular weight is 339 g/mol. The molecule has 25 heavy (non-hydrogen) atoms. The Bertz CT molecular complexity index is 772. The number of benzene rings is 2. The first-order valence-corrected chi connectivity index (χ1v) is 8.14. The number of anilines is 2. The highest BCUT2D eigenvalue weighted by molar-refractivity contribution is 6.41. The SMILES string of the molecule is COC(=O)/C(=N/Nc1ccc(OC)cc1)N1CCCc2ccccc21. The van der Waals surface area contributed by atoms with Gasteiger partial charge in [0.15, 0.2) is 0 Å². The van der Waals surface area contributed by atoms with Crippen LogP contribution in [0.1, 0.15) is 12.0 Å². The van der Waals surface area contributed by atoms with Crippen LogP contribution in [0.2, 0.25) is 0 Å². The first kappa shape index (κ1) is 16.8. The quantitative estimate of drug-likeness (QED) is 0.403. The predicted octanol–water partition coefficient (Wildman–Crippen LogP) is 3.05. The van der Waals surface area contributed by atoms with Gasteiger partial charge in [0.1, 0.15) is 5.75 Å². The minimum Gasteiger partial charge on any atom is -0.497 e. The number of esters is 1. The molecule has 2 aromatic carbocycles. The Morgan fingerprint density at radius 2 is 1.88 bits per heavy atom. The van der Waals surface area contributed by atoms with Crippen LogP contribution in [0.4, 0.5) is 11.4 Å². The number of hydrogen-bond donors (Lipinski definition) is 1. The lowest BCUT2D eigenvalue weighted by molar-refractivity contribution is -0.132. The minimum absolute atomic E-state index is 0.241. The maximum Gasteiger partial charge on any atom is 0.376 e. The molecule has 2 aromatic rings. The molecule has 1 aliphatic rings. The Morgan fingerprint density at radius 1 is 1.12 bits per heavy atom. The maximum atomic E-state index is 12.3. The molecule has 3 rings (SSSR count). The van der Waals surface area contributed by atoms with Crippen LogP contribution in [-0.4, -0.2) is 32.6 Å². The number of hydrazone groups is 1. The van der Waals surface area contributed by atoms with Crippen LogP contribution in [0.25, 0.3) is 0 Å². The molecule has 0 amide bonds. The third kappa shape index (κ3) is 3.74. The smallest absolute Gasteiger partial charge is 0.376 e. The van der Waals surface area contributed by atoms with Gasteiger partial charge in [-0.25, -0.2) is 4.79 Å². The number of nitrogens with zero attached hydrogens (tertiary/aromatic N) is 2. The summed E-state index contributed by atoms with van der Waals surface area (Å²) >= 11 is 0. The molecule has 0 aromatic heterocycles. The molecule has 1 heterocycles. The van der Waals surface area contributed by atoms with Crippen molar-refractivity contribution in [2.75, 3.05) is 31.1 Å². The normalized spacial score (nSPS) is 13.8. The van der Waals surface area contributed by atoms with Gasteiger partial charge in [0.25, 0.3) is 0 Å². The molecule has 0 fully saturated rings. The Labute approximate surface area is 147 Å². The van der Waals surface area contributed by atoms with Gasteiger partial charge in [-0.05, 0) is 48.7 Å². The Kier molecular flexibility index (Phi) is 5.18. The first-order valence-electron chi connectivity index (χ1n) is 8.14. The summed E-state index contributed by atoms with van der Waals surface area (Å²) in [5, 5.41) is 4.32. The van der Waals surface area contributed by atoms with E-state index in [2.05, 4.69) is 16.6 Å². The fourth-order valence-electron chi connectivity index (χ4n) is 2.84. The van der Waals surface area contributed by atoms with Gasteiger partial charge in [0.2, 0.25) is 5.84 Å². The fourth-order valence-corrected chi connectivity index (χ4v) is 2.84. The first-order chi connectivity index (χ1) is 12.2. The lowest BCUT2D eigenvalue weighted by Gasteiger charge is -2.30. The van der Waals surface area contributed by atoms with Gasteiger partial charge in [-0.1, -0.05) is 18.2 Å². The van der Waals surface area contributed by atoms with Crippen molar-refractivity contribution in [3.63, 3.8) is 0 Å². The van der Waals surface area contributed by atoms with E-state index < -0.39 is 5.97 Å². The van der Waals surface area contributed by atoms with E-state index in [0.717, 1.165) is 36.5 Å². The molecule has 6 heteroatoms. The summed E-state index contributed by atoms with van der Waals surface area (Å²) in [5.74, 6) is 0.524. The van der Waals surface area contributed by atoms with Crippen LogP contribution in [0.5, 0.6) is 5.75 Å². The standard InChI is InChI=1S/C19H21N3O3/c1-24-16-11-9-15(10-12-16)20-21-18(19(23)25-2)22-13-5-7-14-6-3-4-8-17(14)22/h3-4,6,8-12,20H,5,7,13H2,1-2H3/b21-18-. The summed E-state index contributed by atoms with van der Waals surface area (Å²) < 4.78 is 10.1. The fraction of sp³-hybridized carbons (Fsp3) is 0.263. The van der Waals surface area contributed by atoms with Crippen molar-refractivity contribution < 1.29 is 14.3 Å². The number of para-hydroxylation sites is 1. The van der Waals surface area contributed by atoms with Crippen molar-refractivity contribution in [3.8, 4) is 5.75 Å². The molecule has 0 spiro atoms. The van der Waals surface area contributed by atoms with Crippen LogP contribution in [0, 0.1) is 0 Å². The molecule has 0 saturated carbocycles. The molecule has 0 radical (unpaired) electrons. The predicted molar refractivity (Wildman–Crippen MR) is 98.2 cm³/mol. The van der Waals surface area contributed by atoms with Gasteiger partial charge in [0, 0.05) is 12.2 Å². The zero-order valence-corrected chi connectivity index (χ0v) is 14.4. The van der Waals surface area contributed by atoms with Gasteiger partial charge in [-0.15, -0.1) is 5.10 Å². The van der Waals surface area contributed by atoms with Gasteiger partial charge < -0.3 is 14.4 Å². The molecule has 130 valence electrons. The maximum absolute atomic E-state index is 12.3. The number of hydrogen-bond acceptors (Lipinski definition) is 5. The molecule has 1 N–H and O–H groups in total. The summed E-state index contributed by atoms with van der Waals surface area (Å²) in [6.45, 7) is 0.717. The van der Waals surface area contributed by atoms with Gasteiger partial charge in [0.05, 0.1) is 19.9 Å². The molecular weight excluding hydrogens is 318 g/mol. The molecule has 0 atom stereocenters. The third-order valence-electron chi connectivity index (χ3n) is 4.11.